The van der Waals surface area contributed by atoms with Gasteiger partial charge >= 0.3 is 11.7 Å². The summed E-state index contributed by atoms with van der Waals surface area (Å²) >= 11 is 0. The number of nitrogens with one attached hydrogen (secondary N) is 2. The number of carbonyl (C=O) groups is 1. The fourth-order valence-electron chi connectivity index (χ4n) is 2.85. The van der Waals surface area contributed by atoms with E-state index in [0.717, 1.165) is 4.31 Å². The van der Waals surface area contributed by atoms with Gasteiger partial charge in [0, 0.05) is 6.54 Å². The quantitative estimate of drug-likeness (QED) is 0.754. The summed E-state index contributed by atoms with van der Waals surface area (Å²) in [6.07, 6.45) is 0.815. The van der Waals surface area contributed by atoms with E-state index in [4.69, 9.17) is 0 Å². The molecule has 0 aliphatic carbocycles. The van der Waals surface area contributed by atoms with Crippen molar-refractivity contribution >= 4 is 27.0 Å². The van der Waals surface area contributed by atoms with Gasteiger partial charge in [-0.2, -0.15) is 4.31 Å². The molecular weight excluding hydrogens is 310 g/mol. The van der Waals surface area contributed by atoms with Gasteiger partial charge in [-0.15, -0.1) is 0 Å². The Morgan fingerprint density at radius 3 is 2.59 bits per heavy atom. The lowest BCUT2D eigenvalue weighted by Crippen LogP contribution is -2.40. The number of hydrogen-bond donors (Lipinski definition) is 3. The molecule has 1 atom stereocenters. The Morgan fingerprint density at radius 2 is 1.95 bits per heavy atom. The van der Waals surface area contributed by atoms with Crippen LogP contribution in [0.4, 0.5) is 0 Å². The molecule has 0 spiro atoms. The molecule has 1 aromatic heterocycles. The Balaban J connectivity index is 2.14. The topological polar surface area (TPSA) is 123 Å². The SMILES string of the molecule is Cc1cc2[nH]c(=O)[nH]c2cc1S(=O)(=O)N1CCCC1C(=O)O. The first-order valence-electron chi connectivity index (χ1n) is 6.78. The summed E-state index contributed by atoms with van der Waals surface area (Å²) in [6, 6.07) is 1.89. The van der Waals surface area contributed by atoms with Crippen LogP contribution in [0.25, 0.3) is 11.0 Å². The molecule has 2 heterocycles. The Hall–Kier alpha value is -2.13. The molecule has 1 aliphatic rings. The normalized spacial score (nSPS) is 19.8. The fourth-order valence-corrected chi connectivity index (χ4v) is 4.73. The van der Waals surface area contributed by atoms with Crippen LogP contribution < -0.4 is 5.69 Å². The van der Waals surface area contributed by atoms with E-state index in [-0.39, 0.29) is 11.4 Å². The predicted molar refractivity (Wildman–Crippen MR) is 78.2 cm³/mol. The van der Waals surface area contributed by atoms with Crippen molar-refractivity contribution in [2.24, 2.45) is 0 Å². The van der Waals surface area contributed by atoms with Gasteiger partial charge in [0.1, 0.15) is 6.04 Å². The molecule has 1 saturated heterocycles. The average Bonchev–Trinajstić information content (AvgIpc) is 3.02. The van der Waals surface area contributed by atoms with Gasteiger partial charge < -0.3 is 15.1 Å². The van der Waals surface area contributed by atoms with Crippen LogP contribution >= 0.6 is 0 Å². The van der Waals surface area contributed by atoms with Gasteiger partial charge in [-0.05, 0) is 37.5 Å². The summed E-state index contributed by atoms with van der Waals surface area (Å²) in [7, 11) is -3.93. The van der Waals surface area contributed by atoms with E-state index < -0.39 is 27.7 Å². The Bertz CT molecular complexity index is 911. The van der Waals surface area contributed by atoms with Crippen molar-refractivity contribution in [2.45, 2.75) is 30.7 Å². The number of fused-ring (bicyclic) bond motifs is 1. The number of aromatic nitrogens is 2. The second-order valence-corrected chi connectivity index (χ2v) is 7.21. The molecule has 0 amide bonds. The minimum atomic E-state index is -3.93. The van der Waals surface area contributed by atoms with Crippen LogP contribution in [0.2, 0.25) is 0 Å². The monoisotopic (exact) mass is 325 g/mol. The summed E-state index contributed by atoms with van der Waals surface area (Å²) in [4.78, 5) is 27.6. The molecule has 1 unspecified atom stereocenters. The zero-order valence-corrected chi connectivity index (χ0v) is 12.6. The number of sulfonamides is 1. The van der Waals surface area contributed by atoms with Gasteiger partial charge in [0.05, 0.1) is 15.9 Å². The fraction of sp³-hybridized carbons (Fsp3) is 0.385. The predicted octanol–water partition coefficient (Wildman–Crippen LogP) is 0.402. The lowest BCUT2D eigenvalue weighted by atomic mass is 10.2. The number of carboxylic acids is 1. The molecule has 3 rings (SSSR count). The van der Waals surface area contributed by atoms with Crippen molar-refractivity contribution in [3.05, 3.63) is 28.2 Å². The van der Waals surface area contributed by atoms with Crippen LogP contribution in [0.3, 0.4) is 0 Å². The minimum absolute atomic E-state index is 0.0170. The summed E-state index contributed by atoms with van der Waals surface area (Å²) in [5.74, 6) is -1.14. The molecular formula is C13H15N3O5S. The lowest BCUT2D eigenvalue weighted by Gasteiger charge is -2.22. The van der Waals surface area contributed by atoms with Crippen LogP contribution in [-0.2, 0) is 14.8 Å². The highest BCUT2D eigenvalue weighted by atomic mass is 32.2. The van der Waals surface area contributed by atoms with Gasteiger partial charge in [0.2, 0.25) is 10.0 Å². The van der Waals surface area contributed by atoms with Gasteiger partial charge in [0.25, 0.3) is 0 Å². The molecule has 2 aromatic rings. The lowest BCUT2D eigenvalue weighted by molar-refractivity contribution is -0.140. The highest BCUT2D eigenvalue weighted by molar-refractivity contribution is 7.89. The minimum Gasteiger partial charge on any atom is -0.480 e. The molecule has 1 aliphatic heterocycles. The molecule has 1 fully saturated rings. The number of aromatic amines is 2. The number of nitrogens with zero attached hydrogens (tertiary/aromatic N) is 1. The highest BCUT2D eigenvalue weighted by Crippen LogP contribution is 2.29. The summed E-state index contributed by atoms with van der Waals surface area (Å²) in [5, 5.41) is 9.18. The summed E-state index contributed by atoms with van der Waals surface area (Å²) < 4.78 is 26.6. The third kappa shape index (κ3) is 2.22. The number of hydrogen-bond acceptors (Lipinski definition) is 4. The average molecular weight is 325 g/mol. The Labute approximate surface area is 125 Å². The molecule has 9 heteroatoms. The first-order valence-corrected chi connectivity index (χ1v) is 8.22. The van der Waals surface area contributed by atoms with Crippen LogP contribution in [0, 0.1) is 6.92 Å². The third-order valence-electron chi connectivity index (χ3n) is 3.89. The summed E-state index contributed by atoms with van der Waals surface area (Å²) in [6.45, 7) is 1.80. The number of imidazole rings is 1. The van der Waals surface area contributed by atoms with E-state index in [0.29, 0.717) is 29.4 Å². The van der Waals surface area contributed by atoms with Crippen molar-refractivity contribution in [1.82, 2.24) is 14.3 Å². The molecule has 22 heavy (non-hydrogen) atoms. The van der Waals surface area contributed by atoms with Crippen molar-refractivity contribution < 1.29 is 18.3 Å². The zero-order valence-electron chi connectivity index (χ0n) is 11.8. The number of carboxylic acid groups (broad SMARTS) is 1. The van der Waals surface area contributed by atoms with E-state index >= 15 is 0 Å². The standard InChI is InChI=1S/C13H15N3O5S/c1-7-5-8-9(15-13(19)14-8)6-11(7)22(20,21)16-4-2-3-10(16)12(17)18/h5-6,10H,2-4H2,1H3,(H,17,18)(H2,14,15,19). The van der Waals surface area contributed by atoms with Crippen LogP contribution in [0.15, 0.2) is 21.8 Å². The third-order valence-corrected chi connectivity index (χ3v) is 5.94. The van der Waals surface area contributed by atoms with Gasteiger partial charge in [-0.25, -0.2) is 13.2 Å². The van der Waals surface area contributed by atoms with Crippen molar-refractivity contribution in [2.75, 3.05) is 6.54 Å². The number of aliphatic carboxylic acids is 1. The smallest absolute Gasteiger partial charge is 0.323 e. The molecule has 0 bridgehead atoms. The second-order valence-electron chi connectivity index (χ2n) is 5.35. The van der Waals surface area contributed by atoms with Gasteiger partial charge in [-0.3, -0.25) is 4.79 Å². The van der Waals surface area contributed by atoms with E-state index in [9.17, 15) is 23.1 Å². The molecule has 118 valence electrons. The number of H-pyrrole nitrogens is 2. The maximum atomic E-state index is 12.8. The maximum Gasteiger partial charge on any atom is 0.323 e. The van der Waals surface area contributed by atoms with Crippen LogP contribution in [0.1, 0.15) is 18.4 Å². The highest BCUT2D eigenvalue weighted by Gasteiger charge is 2.40. The van der Waals surface area contributed by atoms with E-state index in [2.05, 4.69) is 9.97 Å². The zero-order chi connectivity index (χ0) is 16.1. The first-order chi connectivity index (χ1) is 10.3. The van der Waals surface area contributed by atoms with Crippen molar-refractivity contribution in [3.63, 3.8) is 0 Å². The van der Waals surface area contributed by atoms with Crippen molar-refractivity contribution in [3.8, 4) is 0 Å². The molecule has 0 saturated carbocycles. The molecule has 8 nitrogen and oxygen atoms in total. The maximum absolute atomic E-state index is 12.8. The van der Waals surface area contributed by atoms with Gasteiger partial charge in [0.15, 0.2) is 0 Å². The Kier molecular flexibility index (Phi) is 3.33. The molecule has 3 N–H and O–H groups in total. The number of benzene rings is 1. The van der Waals surface area contributed by atoms with Crippen molar-refractivity contribution in [1.29, 1.82) is 0 Å². The van der Waals surface area contributed by atoms with E-state index in [1.807, 2.05) is 0 Å². The first kappa shape index (κ1) is 14.8. The molecule has 1 aromatic carbocycles. The Morgan fingerprint density at radius 1 is 1.32 bits per heavy atom. The van der Waals surface area contributed by atoms with E-state index in [1.165, 1.54) is 6.07 Å². The summed E-state index contributed by atoms with van der Waals surface area (Å²) in [5.41, 5.74) is 0.922. The molecule has 0 radical (unpaired) electrons. The number of aryl methyl sites for hydroxylation is 1. The van der Waals surface area contributed by atoms with Crippen LogP contribution in [0.5, 0.6) is 0 Å². The van der Waals surface area contributed by atoms with E-state index in [1.54, 1.807) is 13.0 Å². The number of rotatable bonds is 3. The van der Waals surface area contributed by atoms with Crippen LogP contribution in [-0.4, -0.2) is 46.4 Å². The largest absolute Gasteiger partial charge is 0.480 e. The van der Waals surface area contributed by atoms with Gasteiger partial charge in [-0.1, -0.05) is 0 Å². The second kappa shape index (κ2) is 4.96.